The van der Waals surface area contributed by atoms with Crippen LogP contribution in [0.15, 0.2) is 185 Å². The first-order valence-corrected chi connectivity index (χ1v) is 33.3. The SMILES string of the molecule is CCOC(=O)CCC(C)(C#N)N=NC(C)(C#N)CCC(=O)OCC(F)(F)S(=O)(=O)[O-].Cc1cc([S+](c2ccccc2)c2ccccc2)cc(C)c1OCC(=O)OC1CCOC1=O.Cc1cc([S+](c2ccccc2)c2ccccc2)cc(C)c1OCC(=O)OC1CCOC1=O. The Labute approximate surface area is 550 Å². The summed E-state index contributed by atoms with van der Waals surface area (Å²) < 4.78 is 97.4. The van der Waals surface area contributed by atoms with Gasteiger partial charge in [0.2, 0.25) is 12.2 Å². The van der Waals surface area contributed by atoms with E-state index in [9.17, 15) is 61.0 Å². The van der Waals surface area contributed by atoms with Crippen molar-refractivity contribution in [3.63, 3.8) is 0 Å². The number of carbonyl (C=O) groups excluding carboxylic acids is 6. The molecular formula is C68H71F2N4O17S3+. The molecule has 496 valence electrons. The molecule has 2 heterocycles. The number of esters is 6. The van der Waals surface area contributed by atoms with Crippen LogP contribution in [0.2, 0.25) is 0 Å². The van der Waals surface area contributed by atoms with Crippen LogP contribution in [0.25, 0.3) is 0 Å². The van der Waals surface area contributed by atoms with Crippen LogP contribution in [0.5, 0.6) is 11.5 Å². The molecule has 2 fully saturated rings. The van der Waals surface area contributed by atoms with Gasteiger partial charge < -0.3 is 42.4 Å². The fourth-order valence-electron chi connectivity index (χ4n) is 9.08. The molecule has 0 amide bonds. The predicted octanol–water partition coefficient (Wildman–Crippen LogP) is 11.1. The van der Waals surface area contributed by atoms with Crippen molar-refractivity contribution < 1.29 is 88.4 Å². The lowest BCUT2D eigenvalue weighted by Crippen LogP contribution is -2.35. The maximum Gasteiger partial charge on any atom is 0.367 e. The van der Waals surface area contributed by atoms with Crippen molar-refractivity contribution >= 4 is 67.7 Å². The molecule has 0 aliphatic carbocycles. The predicted molar refractivity (Wildman–Crippen MR) is 337 cm³/mol. The third kappa shape index (κ3) is 21.7. The first kappa shape index (κ1) is 73.8. The first-order chi connectivity index (χ1) is 44.7. The average molecular weight is 1350 g/mol. The van der Waals surface area contributed by atoms with Gasteiger partial charge in [-0.2, -0.15) is 29.5 Å². The molecule has 0 N–H and O–H groups in total. The number of carbonyl (C=O) groups is 6. The highest BCUT2D eigenvalue weighted by molar-refractivity contribution is 7.97. The summed E-state index contributed by atoms with van der Waals surface area (Å²) in [5, 5.41) is 21.3. The van der Waals surface area contributed by atoms with Gasteiger partial charge in [-0.25, -0.2) is 27.6 Å². The molecule has 21 nitrogen and oxygen atoms in total. The molecule has 4 unspecified atom stereocenters. The van der Waals surface area contributed by atoms with Gasteiger partial charge in [0.1, 0.15) is 11.5 Å². The highest BCUT2D eigenvalue weighted by Crippen LogP contribution is 2.38. The monoisotopic (exact) mass is 1350 g/mol. The van der Waals surface area contributed by atoms with E-state index in [0.717, 1.165) is 22.3 Å². The number of azo groups is 1. The minimum Gasteiger partial charge on any atom is -0.743 e. The molecule has 2 aliphatic rings. The molecule has 4 atom stereocenters. The second-order valence-corrected chi connectivity index (χ2v) is 27.2. The van der Waals surface area contributed by atoms with Gasteiger partial charge in [0.05, 0.1) is 53.7 Å². The van der Waals surface area contributed by atoms with E-state index in [0.29, 0.717) is 24.3 Å². The lowest BCUT2D eigenvalue weighted by Gasteiger charge is -2.20. The Kier molecular flexibility index (Phi) is 27.2. The summed E-state index contributed by atoms with van der Waals surface area (Å²) in [6.45, 7) is 10.4. The lowest BCUT2D eigenvalue weighted by atomic mass is 9.97. The first-order valence-electron chi connectivity index (χ1n) is 29.5. The Morgan fingerprint density at radius 2 is 0.883 bits per heavy atom. The topological polar surface area (TPSA) is 306 Å². The van der Waals surface area contributed by atoms with Crippen molar-refractivity contribution in [2.45, 2.75) is 145 Å². The van der Waals surface area contributed by atoms with E-state index < -0.39 is 87.5 Å². The van der Waals surface area contributed by atoms with E-state index in [-0.39, 0.29) is 74.1 Å². The second kappa shape index (κ2) is 34.6. The molecule has 0 radical (unpaired) electrons. The minimum absolute atomic E-state index is 0.0475. The largest absolute Gasteiger partial charge is 0.743 e. The quantitative estimate of drug-likeness (QED) is 0.0160. The molecule has 6 aromatic carbocycles. The molecule has 6 aromatic rings. The van der Waals surface area contributed by atoms with E-state index in [1.54, 1.807) is 13.0 Å². The molecule has 0 spiro atoms. The Morgan fingerprint density at radius 1 is 0.564 bits per heavy atom. The summed E-state index contributed by atoms with van der Waals surface area (Å²) >= 11 is 0. The van der Waals surface area contributed by atoms with E-state index >= 15 is 0 Å². The van der Waals surface area contributed by atoms with E-state index in [4.69, 9.17) is 33.2 Å². The van der Waals surface area contributed by atoms with Gasteiger partial charge in [-0.15, -0.1) is 0 Å². The van der Waals surface area contributed by atoms with Gasteiger partial charge in [0, 0.05) is 49.9 Å². The van der Waals surface area contributed by atoms with Crippen LogP contribution in [0, 0.1) is 50.4 Å². The van der Waals surface area contributed by atoms with Crippen molar-refractivity contribution in [3.8, 4) is 23.6 Å². The summed E-state index contributed by atoms with van der Waals surface area (Å²) in [4.78, 5) is 77.5. The summed E-state index contributed by atoms with van der Waals surface area (Å²) in [5.41, 5.74) is 0.661. The molecular weight excluding hydrogens is 1280 g/mol. The standard InChI is InChI=1S/2C26H25O5S.C16H22F2N4O7S/c2*1-18-15-22(32(20-9-5-3-6-10-20)21-11-7-4-8-12-21)16-19(2)25(18)30-17-24(27)31-23-13-14-29-26(23)28;1-4-28-12(23)5-7-14(2,9-19)21-22-15(3,10-20)8-6-13(24)29-11-16(17,18)30(25,26)27/h2*3-12,15-16,23H,13-14,17H2,1-2H3;4-8,11H2,1-3H3,(H,25,26,27)/q2*+1;/p-1. The third-order valence-corrected chi connectivity index (χ3v) is 19.2. The number of alkyl halides is 2. The maximum absolute atomic E-state index is 13.0. The summed E-state index contributed by atoms with van der Waals surface area (Å²) in [7, 11) is -6.52. The van der Waals surface area contributed by atoms with Crippen molar-refractivity contribution in [1.82, 2.24) is 0 Å². The smallest absolute Gasteiger partial charge is 0.367 e. The van der Waals surface area contributed by atoms with E-state index in [1.807, 2.05) is 58.0 Å². The number of nitriles is 2. The number of cyclic esters (lactones) is 2. The summed E-state index contributed by atoms with van der Waals surface area (Å²) in [6, 6.07) is 53.8. The van der Waals surface area contributed by atoms with Crippen molar-refractivity contribution in [1.29, 1.82) is 10.5 Å². The number of rotatable bonds is 26. The fraction of sp³-hybridized carbons (Fsp3) is 0.353. The normalized spacial score (nSPS) is 15.6. The van der Waals surface area contributed by atoms with Crippen LogP contribution in [0.4, 0.5) is 8.78 Å². The summed E-state index contributed by atoms with van der Waals surface area (Å²) in [6.07, 6.45) is -2.02. The Morgan fingerprint density at radius 3 is 1.16 bits per heavy atom. The van der Waals surface area contributed by atoms with Gasteiger partial charge in [-0.3, -0.25) is 9.59 Å². The molecule has 2 saturated heterocycles. The van der Waals surface area contributed by atoms with Gasteiger partial charge in [0.15, 0.2) is 70.4 Å². The Bertz CT molecular complexity index is 3540. The average Bonchev–Trinajstić information content (AvgIpc) is 1.78. The van der Waals surface area contributed by atoms with Crippen molar-refractivity contribution in [2.75, 3.05) is 39.6 Å². The zero-order valence-electron chi connectivity index (χ0n) is 52.7. The highest BCUT2D eigenvalue weighted by atomic mass is 32.2. The highest BCUT2D eigenvalue weighted by Gasteiger charge is 2.40. The van der Waals surface area contributed by atoms with Crippen LogP contribution in [-0.4, -0.2) is 117 Å². The van der Waals surface area contributed by atoms with Crippen LogP contribution in [0.1, 0.15) is 81.5 Å². The molecule has 0 aromatic heterocycles. The van der Waals surface area contributed by atoms with Crippen LogP contribution < -0.4 is 9.47 Å². The number of hydrogen-bond acceptors (Lipinski definition) is 21. The van der Waals surface area contributed by atoms with Crippen molar-refractivity contribution in [3.05, 3.63) is 168 Å². The molecule has 26 heteroatoms. The van der Waals surface area contributed by atoms with Gasteiger partial charge in [-0.1, -0.05) is 72.8 Å². The molecule has 94 heavy (non-hydrogen) atoms. The molecule has 2 aliphatic heterocycles. The number of halogens is 2. The fourth-order valence-corrected chi connectivity index (χ4v) is 13.8. The third-order valence-electron chi connectivity index (χ3n) is 13.9. The van der Waals surface area contributed by atoms with Crippen LogP contribution in [-0.2, 0) is 89.1 Å². The minimum atomic E-state index is -6.00. The van der Waals surface area contributed by atoms with E-state index in [1.165, 1.54) is 43.2 Å². The van der Waals surface area contributed by atoms with Crippen LogP contribution in [0.3, 0.4) is 0 Å². The zero-order valence-corrected chi connectivity index (χ0v) is 55.2. The number of ether oxygens (including phenoxy) is 8. The Balaban J connectivity index is 0.000000224. The lowest BCUT2D eigenvalue weighted by molar-refractivity contribution is -0.161. The second-order valence-electron chi connectivity index (χ2n) is 21.6. The van der Waals surface area contributed by atoms with E-state index in [2.05, 4.69) is 136 Å². The van der Waals surface area contributed by atoms with Gasteiger partial charge >= 0.3 is 41.1 Å². The zero-order chi connectivity index (χ0) is 68.6. The van der Waals surface area contributed by atoms with Gasteiger partial charge in [0.25, 0.3) is 0 Å². The Hall–Kier alpha value is -9.21. The number of aryl methyl sites for hydroxylation is 4. The van der Waals surface area contributed by atoms with Crippen molar-refractivity contribution in [2.24, 2.45) is 10.2 Å². The summed E-state index contributed by atoms with van der Waals surface area (Å²) in [5.74, 6) is -2.67. The molecule has 0 bridgehead atoms. The van der Waals surface area contributed by atoms with Gasteiger partial charge in [-0.05, 0) is 132 Å². The molecule has 8 rings (SSSR count). The number of hydrogen-bond donors (Lipinski definition) is 0. The maximum atomic E-state index is 13.0. The van der Waals surface area contributed by atoms with Crippen LogP contribution >= 0.6 is 0 Å². The molecule has 0 saturated carbocycles. The number of nitrogens with zero attached hydrogens (tertiary/aromatic N) is 4. The number of benzene rings is 6.